The maximum absolute atomic E-state index is 14.3. The Bertz CT molecular complexity index is 1690. The van der Waals surface area contributed by atoms with Crippen molar-refractivity contribution in [3.05, 3.63) is 176 Å². The summed E-state index contributed by atoms with van der Waals surface area (Å²) in [5.41, 5.74) is 2.10. The molecule has 0 unspecified atom stereocenters. The average molecular weight is 593 g/mol. The Morgan fingerprint density at radius 3 is 1.93 bits per heavy atom. The van der Waals surface area contributed by atoms with Gasteiger partial charge in [0.2, 0.25) is 5.82 Å². The maximum atomic E-state index is 14.3. The average Bonchev–Trinajstić information content (AvgIpc) is 3.47. The molecule has 2 heterocycles. The lowest BCUT2D eigenvalue weighted by atomic mass is 9.80. The monoisotopic (exact) mass is 592 g/mol. The molecule has 1 saturated heterocycles. The number of aromatic nitrogens is 2. The molecule has 5 aromatic rings. The zero-order valence-corrected chi connectivity index (χ0v) is 24.3. The molecule has 0 aliphatic carbocycles. The molecule has 8 heteroatoms. The molecule has 0 bridgehead atoms. The van der Waals surface area contributed by atoms with Crippen molar-refractivity contribution in [2.75, 3.05) is 6.61 Å². The summed E-state index contributed by atoms with van der Waals surface area (Å²) in [4.78, 5) is 26.4. The summed E-state index contributed by atoms with van der Waals surface area (Å²) in [6.45, 7) is 2.43. The minimum Gasteiger partial charge on any atom is -0.371 e. The highest BCUT2D eigenvalue weighted by Crippen LogP contribution is 2.42. The van der Waals surface area contributed by atoms with Crippen molar-refractivity contribution < 1.29 is 18.6 Å². The predicted molar refractivity (Wildman–Crippen MR) is 165 cm³/mol. The van der Waals surface area contributed by atoms with Crippen LogP contribution in [0.2, 0.25) is 0 Å². The van der Waals surface area contributed by atoms with Crippen molar-refractivity contribution in [3.63, 3.8) is 0 Å². The Kier molecular flexibility index (Phi) is 8.65. The number of nitrogens with zero attached hydrogens (tertiary/aromatic N) is 1. The zero-order valence-electron chi connectivity index (χ0n) is 24.3. The Morgan fingerprint density at radius 2 is 1.39 bits per heavy atom. The van der Waals surface area contributed by atoms with Crippen molar-refractivity contribution in [2.45, 2.75) is 44.0 Å². The SMILES string of the molecule is Cc1ccc(CO[C@H]2C[C@H](n3cc(F)c(=O)[nH]c3=O)O[C@@H]2COC(c2ccccc2)(c2ccccc2)c2ccccc2)cc1. The molecule has 3 atom stereocenters. The molecule has 4 aromatic carbocycles. The van der Waals surface area contributed by atoms with E-state index in [4.69, 9.17) is 14.2 Å². The minimum atomic E-state index is -1.07. The highest BCUT2D eigenvalue weighted by molar-refractivity contribution is 5.47. The van der Waals surface area contributed by atoms with E-state index >= 15 is 0 Å². The van der Waals surface area contributed by atoms with Crippen molar-refractivity contribution in [3.8, 4) is 0 Å². The predicted octanol–water partition coefficient (Wildman–Crippen LogP) is 5.87. The number of benzene rings is 4. The summed E-state index contributed by atoms with van der Waals surface area (Å²) in [5, 5.41) is 0. The van der Waals surface area contributed by atoms with E-state index in [1.807, 2.05) is 127 Å². The molecule has 0 amide bonds. The normalized spacial score (nSPS) is 18.4. The molecule has 1 aromatic heterocycles. The Labute approximate surface area is 254 Å². The van der Waals surface area contributed by atoms with Gasteiger partial charge in [-0.1, -0.05) is 121 Å². The molecule has 0 radical (unpaired) electrons. The van der Waals surface area contributed by atoms with Gasteiger partial charge in [0.15, 0.2) is 0 Å². The van der Waals surface area contributed by atoms with Crippen molar-refractivity contribution in [1.82, 2.24) is 9.55 Å². The first-order valence-electron chi connectivity index (χ1n) is 14.6. The standard InChI is InChI=1S/C36H33FN2O5/c1-25-17-19-26(20-18-25)23-42-31-21-33(39-22-30(37)34(40)38-35(39)41)44-32(31)24-43-36(27-11-5-2-6-12-27,28-13-7-3-8-14-28)29-15-9-4-10-16-29/h2-20,22,31-33H,21,23-24H2,1H3,(H,38,40,41)/t31-,32+,33+/m0/s1. The fraction of sp³-hybridized carbons (Fsp3) is 0.222. The lowest BCUT2D eigenvalue weighted by Gasteiger charge is -2.37. The van der Waals surface area contributed by atoms with Crippen molar-refractivity contribution >= 4 is 0 Å². The number of hydrogen-bond donors (Lipinski definition) is 1. The highest BCUT2D eigenvalue weighted by atomic mass is 19.1. The van der Waals surface area contributed by atoms with E-state index < -0.39 is 41.1 Å². The van der Waals surface area contributed by atoms with Gasteiger partial charge in [0, 0.05) is 6.42 Å². The first-order chi connectivity index (χ1) is 21.4. The molecular formula is C36H33FN2O5. The van der Waals surface area contributed by atoms with Gasteiger partial charge in [0.1, 0.15) is 17.9 Å². The summed E-state index contributed by atoms with van der Waals surface area (Å²) in [5.74, 6) is -1.07. The number of halogens is 1. The Balaban J connectivity index is 1.36. The number of aryl methyl sites for hydroxylation is 1. The van der Waals surface area contributed by atoms with Crippen LogP contribution in [0.15, 0.2) is 131 Å². The lowest BCUT2D eigenvalue weighted by Crippen LogP contribution is -2.38. The lowest BCUT2D eigenvalue weighted by molar-refractivity contribution is -0.106. The second-order valence-corrected chi connectivity index (χ2v) is 10.9. The molecule has 1 aliphatic rings. The first-order valence-corrected chi connectivity index (χ1v) is 14.6. The van der Waals surface area contributed by atoms with Crippen molar-refractivity contribution in [2.24, 2.45) is 0 Å². The summed E-state index contributed by atoms with van der Waals surface area (Å²) in [7, 11) is 0. The number of nitrogens with one attached hydrogen (secondary N) is 1. The summed E-state index contributed by atoms with van der Waals surface area (Å²) in [6.07, 6.45) is -0.856. The van der Waals surface area contributed by atoms with E-state index in [1.165, 1.54) is 0 Å². The van der Waals surface area contributed by atoms with E-state index in [0.29, 0.717) is 6.61 Å². The number of ether oxygens (including phenoxy) is 3. The topological polar surface area (TPSA) is 82.6 Å². The van der Waals surface area contributed by atoms with Crippen LogP contribution in [0, 0.1) is 12.7 Å². The summed E-state index contributed by atoms with van der Waals surface area (Å²) < 4.78 is 35.1. The van der Waals surface area contributed by atoms with E-state index in [9.17, 15) is 14.0 Å². The van der Waals surface area contributed by atoms with Crippen LogP contribution < -0.4 is 11.2 Å². The van der Waals surface area contributed by atoms with Crippen LogP contribution in [-0.4, -0.2) is 28.4 Å². The van der Waals surface area contributed by atoms with Gasteiger partial charge in [-0.15, -0.1) is 0 Å². The fourth-order valence-corrected chi connectivity index (χ4v) is 5.73. The van der Waals surface area contributed by atoms with Crippen LogP contribution in [0.5, 0.6) is 0 Å². The van der Waals surface area contributed by atoms with Gasteiger partial charge in [-0.25, -0.2) is 4.79 Å². The van der Waals surface area contributed by atoms with E-state index in [0.717, 1.165) is 38.6 Å². The fourth-order valence-electron chi connectivity index (χ4n) is 5.73. The van der Waals surface area contributed by atoms with Gasteiger partial charge in [-0.3, -0.25) is 14.3 Å². The first kappa shape index (κ1) is 29.4. The third kappa shape index (κ3) is 6.05. The molecule has 6 rings (SSSR count). The van der Waals surface area contributed by atoms with Gasteiger partial charge in [-0.2, -0.15) is 4.39 Å². The van der Waals surface area contributed by atoms with Gasteiger partial charge in [0.25, 0.3) is 5.56 Å². The molecule has 1 aliphatic heterocycles. The summed E-state index contributed by atoms with van der Waals surface area (Å²) in [6, 6.07) is 38.0. The molecule has 224 valence electrons. The highest BCUT2D eigenvalue weighted by Gasteiger charge is 2.43. The summed E-state index contributed by atoms with van der Waals surface area (Å²) >= 11 is 0. The van der Waals surface area contributed by atoms with Crippen LogP contribution in [0.25, 0.3) is 0 Å². The smallest absolute Gasteiger partial charge is 0.330 e. The Hall–Kier alpha value is -4.63. The largest absolute Gasteiger partial charge is 0.371 e. The van der Waals surface area contributed by atoms with E-state index in [2.05, 4.69) is 0 Å². The molecule has 0 saturated carbocycles. The van der Waals surface area contributed by atoms with E-state index in [1.54, 1.807) is 0 Å². The number of H-pyrrole nitrogens is 1. The van der Waals surface area contributed by atoms with Gasteiger partial charge < -0.3 is 14.2 Å². The number of hydrogen-bond acceptors (Lipinski definition) is 5. The minimum absolute atomic E-state index is 0.0916. The molecule has 1 fully saturated rings. The Morgan fingerprint density at radius 1 is 0.841 bits per heavy atom. The van der Waals surface area contributed by atoms with Gasteiger partial charge in [0.05, 0.1) is 25.5 Å². The molecule has 44 heavy (non-hydrogen) atoms. The van der Waals surface area contributed by atoms with E-state index in [-0.39, 0.29) is 13.0 Å². The zero-order chi connectivity index (χ0) is 30.5. The number of aromatic amines is 1. The third-order valence-corrected chi connectivity index (χ3v) is 8.00. The maximum Gasteiger partial charge on any atom is 0.330 e. The molecule has 0 spiro atoms. The number of rotatable bonds is 10. The van der Waals surface area contributed by atoms with Crippen LogP contribution in [-0.2, 0) is 26.4 Å². The second-order valence-electron chi connectivity index (χ2n) is 10.9. The quantitative estimate of drug-likeness (QED) is 0.205. The molecule has 1 N–H and O–H groups in total. The van der Waals surface area contributed by atoms with Crippen LogP contribution >= 0.6 is 0 Å². The molecule has 7 nitrogen and oxygen atoms in total. The van der Waals surface area contributed by atoms with Crippen molar-refractivity contribution in [1.29, 1.82) is 0 Å². The van der Waals surface area contributed by atoms with Crippen LogP contribution in [0.1, 0.15) is 40.5 Å². The van der Waals surface area contributed by atoms with Gasteiger partial charge in [-0.05, 0) is 29.2 Å². The van der Waals surface area contributed by atoms with Crippen LogP contribution in [0.3, 0.4) is 0 Å². The molecular weight excluding hydrogens is 559 g/mol. The van der Waals surface area contributed by atoms with Gasteiger partial charge >= 0.3 is 5.69 Å². The third-order valence-electron chi connectivity index (χ3n) is 8.00. The van der Waals surface area contributed by atoms with Crippen LogP contribution in [0.4, 0.5) is 4.39 Å². The second kappa shape index (κ2) is 12.9.